The maximum absolute atomic E-state index is 13.7. The van der Waals surface area contributed by atoms with Crippen molar-refractivity contribution in [3.05, 3.63) is 76.2 Å². The van der Waals surface area contributed by atoms with Crippen molar-refractivity contribution in [1.82, 2.24) is 34.8 Å². The number of hydrogen-bond donors (Lipinski definition) is 4. The molecule has 2 bridgehead atoms. The molecule has 44 heavy (non-hydrogen) atoms. The second-order valence-electron chi connectivity index (χ2n) is 11.9. The minimum atomic E-state index is -0.553. The van der Waals surface area contributed by atoms with Crippen LogP contribution < -0.4 is 16.2 Å². The molecule has 1 aromatic carbocycles. The first-order valence-corrected chi connectivity index (χ1v) is 14.9. The van der Waals surface area contributed by atoms with E-state index in [2.05, 4.69) is 35.8 Å². The largest absolute Gasteiger partial charge is 0.394 e. The van der Waals surface area contributed by atoms with Gasteiger partial charge >= 0.3 is 0 Å². The highest BCUT2D eigenvalue weighted by atomic mass is 19.1. The molecule has 7 heterocycles. The number of aliphatic hydroxyl groups is 1. The number of nitrogens with zero attached hydrogens (tertiary/aromatic N) is 6. The number of rotatable bonds is 9. The number of halogens is 1. The van der Waals surface area contributed by atoms with E-state index in [1.165, 1.54) is 12.1 Å². The molecular weight excluding hydrogens is 565 g/mol. The molecule has 13 heteroatoms. The van der Waals surface area contributed by atoms with Crippen molar-refractivity contribution in [3.8, 4) is 11.5 Å². The Kier molecular flexibility index (Phi) is 7.13. The molecule has 8 rings (SSSR count). The van der Waals surface area contributed by atoms with E-state index < -0.39 is 6.04 Å². The van der Waals surface area contributed by atoms with Crippen LogP contribution >= 0.6 is 0 Å². The van der Waals surface area contributed by atoms with Crippen LogP contribution in [0.2, 0.25) is 0 Å². The lowest BCUT2D eigenvalue weighted by atomic mass is 9.71. The molecule has 12 nitrogen and oxygen atoms in total. The average Bonchev–Trinajstić information content (AvgIpc) is 3.67. The van der Waals surface area contributed by atoms with Crippen molar-refractivity contribution in [1.29, 1.82) is 0 Å². The Bertz CT molecular complexity index is 1840. The number of pyridine rings is 2. The maximum atomic E-state index is 13.7. The Morgan fingerprint density at radius 2 is 1.82 bits per heavy atom. The van der Waals surface area contributed by atoms with E-state index in [1.54, 1.807) is 41.2 Å². The van der Waals surface area contributed by atoms with E-state index in [4.69, 9.17) is 9.51 Å². The Hall–Kier alpha value is -4.62. The molecule has 0 saturated carbocycles. The third-order valence-corrected chi connectivity index (χ3v) is 8.88. The average molecular weight is 600 g/mol. The molecule has 3 saturated heterocycles. The van der Waals surface area contributed by atoms with Gasteiger partial charge in [0.05, 0.1) is 29.3 Å². The number of aromatic amines is 1. The Morgan fingerprint density at radius 1 is 1.07 bits per heavy atom. The van der Waals surface area contributed by atoms with Crippen LogP contribution in [0.15, 0.2) is 58.0 Å². The number of piperidine rings is 3. The number of fused-ring (bicyclic) bond motifs is 4. The summed E-state index contributed by atoms with van der Waals surface area (Å²) in [7, 11) is 0. The Balaban J connectivity index is 1.25. The van der Waals surface area contributed by atoms with Crippen LogP contribution in [0.1, 0.15) is 56.6 Å². The van der Waals surface area contributed by atoms with E-state index in [0.717, 1.165) is 44.7 Å². The molecule has 0 aliphatic carbocycles. The molecule has 1 atom stereocenters. The minimum absolute atomic E-state index is 0.0121. The molecular formula is C31H34FN9O3. The second-order valence-corrected chi connectivity index (χ2v) is 11.9. The zero-order chi connectivity index (χ0) is 30.4. The van der Waals surface area contributed by atoms with E-state index in [0.29, 0.717) is 45.4 Å². The molecule has 228 valence electrons. The third kappa shape index (κ3) is 5.11. The topological polar surface area (TPSA) is 150 Å². The number of anilines is 3. The molecule has 4 aromatic heterocycles. The summed E-state index contributed by atoms with van der Waals surface area (Å²) in [5.74, 6) is 1.65. The number of aliphatic hydroxyl groups excluding tert-OH is 1. The smallest absolute Gasteiger partial charge is 0.273 e. The van der Waals surface area contributed by atoms with Crippen molar-refractivity contribution in [2.45, 2.75) is 50.6 Å². The highest BCUT2D eigenvalue weighted by Gasteiger charge is 2.44. The predicted molar refractivity (Wildman–Crippen MR) is 163 cm³/mol. The quantitative estimate of drug-likeness (QED) is 0.191. The fourth-order valence-corrected chi connectivity index (χ4v) is 6.25. The van der Waals surface area contributed by atoms with Crippen molar-refractivity contribution in [2.75, 3.05) is 36.9 Å². The van der Waals surface area contributed by atoms with Crippen LogP contribution in [-0.2, 0) is 5.41 Å². The van der Waals surface area contributed by atoms with E-state index in [-0.39, 0.29) is 29.4 Å². The Morgan fingerprint density at radius 3 is 2.52 bits per heavy atom. The first-order chi connectivity index (χ1) is 21.3. The SMILES string of the molecule is CC(C)n1[nH]c(=O)c2ccc(Nc3cc(N[C@H](CO)c4ccc(F)cc4)c(-c4nc(C56CCN(CC5)CC6)no4)cn3)nc21. The van der Waals surface area contributed by atoms with Gasteiger partial charge in [-0.25, -0.2) is 14.4 Å². The summed E-state index contributed by atoms with van der Waals surface area (Å²) >= 11 is 0. The van der Waals surface area contributed by atoms with Crippen LogP contribution in [0.5, 0.6) is 0 Å². The van der Waals surface area contributed by atoms with Crippen molar-refractivity contribution in [2.24, 2.45) is 0 Å². The fraction of sp³-hybridized carbons (Fsp3) is 0.387. The van der Waals surface area contributed by atoms with E-state index >= 15 is 0 Å². The minimum Gasteiger partial charge on any atom is -0.394 e. The van der Waals surface area contributed by atoms with Crippen LogP contribution in [-0.4, -0.2) is 66.1 Å². The van der Waals surface area contributed by atoms with Gasteiger partial charge in [0.25, 0.3) is 11.4 Å². The summed E-state index contributed by atoms with van der Waals surface area (Å²) in [5.41, 5.74) is 2.11. The standard InChI is InChI=1S/C31H34FN9O3/c1-18(2)41-27-21(28(43)38-41)7-8-25(36-27)35-26-15-23(34-24(17-42)19-3-5-20(32)6-4-19)22(16-33-26)29-37-30(39-44-29)31-9-12-40(13-10-31)14-11-31/h3-8,15-16,18,24,42H,9-14,17H2,1-2H3,(H,38,43)(H2,33,34,35,36)/t24-/m1/s1. The van der Waals surface area contributed by atoms with Gasteiger partial charge in [-0.15, -0.1) is 0 Å². The first-order valence-electron chi connectivity index (χ1n) is 14.9. The summed E-state index contributed by atoms with van der Waals surface area (Å²) in [4.78, 5) is 29.0. The number of nitrogens with one attached hydrogen (secondary N) is 3. The number of H-pyrrole nitrogens is 1. The zero-order valence-electron chi connectivity index (χ0n) is 24.5. The number of benzene rings is 1. The van der Waals surface area contributed by atoms with Crippen LogP contribution in [0.4, 0.5) is 21.7 Å². The monoisotopic (exact) mass is 599 g/mol. The summed E-state index contributed by atoms with van der Waals surface area (Å²) in [6, 6.07) is 10.7. The highest BCUT2D eigenvalue weighted by molar-refractivity contribution is 5.79. The zero-order valence-corrected chi connectivity index (χ0v) is 24.5. The van der Waals surface area contributed by atoms with Crippen LogP contribution in [0.25, 0.3) is 22.5 Å². The third-order valence-electron chi connectivity index (χ3n) is 8.88. The van der Waals surface area contributed by atoms with Gasteiger partial charge in [-0.05, 0) is 82.6 Å². The molecule has 3 fully saturated rings. The normalized spacial score (nSPS) is 20.3. The molecule has 0 amide bonds. The summed E-state index contributed by atoms with van der Waals surface area (Å²) in [6.45, 7) is 6.78. The van der Waals surface area contributed by atoms with Gasteiger partial charge in [0, 0.05) is 23.7 Å². The summed E-state index contributed by atoms with van der Waals surface area (Å²) in [5, 5.41) is 24.7. The van der Waals surface area contributed by atoms with Gasteiger partial charge < -0.3 is 25.2 Å². The molecule has 0 unspecified atom stereocenters. The molecule has 3 aliphatic heterocycles. The van der Waals surface area contributed by atoms with Crippen molar-refractivity contribution >= 4 is 28.4 Å². The second kappa shape index (κ2) is 11.1. The molecule has 0 radical (unpaired) electrons. The lowest BCUT2D eigenvalue weighted by Gasteiger charge is -2.46. The van der Waals surface area contributed by atoms with E-state index in [1.807, 2.05) is 13.8 Å². The lowest BCUT2D eigenvalue weighted by molar-refractivity contribution is 0.0747. The van der Waals surface area contributed by atoms with Gasteiger partial charge in [-0.1, -0.05) is 17.3 Å². The maximum Gasteiger partial charge on any atom is 0.273 e. The van der Waals surface area contributed by atoms with Gasteiger partial charge in [0.2, 0.25) is 0 Å². The van der Waals surface area contributed by atoms with Crippen LogP contribution in [0, 0.1) is 5.82 Å². The number of hydrogen-bond acceptors (Lipinski definition) is 10. The highest BCUT2D eigenvalue weighted by Crippen LogP contribution is 2.42. The van der Waals surface area contributed by atoms with Gasteiger partial charge in [0.15, 0.2) is 11.5 Å². The summed E-state index contributed by atoms with van der Waals surface area (Å²) < 4.78 is 21.2. The van der Waals surface area contributed by atoms with Gasteiger partial charge in [-0.2, -0.15) is 4.98 Å². The van der Waals surface area contributed by atoms with Gasteiger partial charge in [-0.3, -0.25) is 14.6 Å². The first kappa shape index (κ1) is 28.2. The Labute approximate surface area is 252 Å². The van der Waals surface area contributed by atoms with Crippen LogP contribution in [0.3, 0.4) is 0 Å². The van der Waals surface area contributed by atoms with Crippen molar-refractivity contribution in [3.63, 3.8) is 0 Å². The fourth-order valence-electron chi connectivity index (χ4n) is 6.25. The molecule has 0 spiro atoms. The van der Waals surface area contributed by atoms with Gasteiger partial charge in [0.1, 0.15) is 17.5 Å². The number of aromatic nitrogens is 6. The van der Waals surface area contributed by atoms with Crippen molar-refractivity contribution < 1.29 is 14.0 Å². The van der Waals surface area contributed by atoms with E-state index in [9.17, 15) is 14.3 Å². The lowest BCUT2D eigenvalue weighted by Crippen LogP contribution is -2.51. The predicted octanol–water partition coefficient (Wildman–Crippen LogP) is 4.52. The summed E-state index contributed by atoms with van der Waals surface area (Å²) in [6.07, 6.45) is 4.64. The molecule has 5 aromatic rings. The molecule has 3 aliphatic rings. The molecule has 4 N–H and O–H groups in total.